The molecular formula is C12H20N2O. The van der Waals surface area contributed by atoms with Gasteiger partial charge in [0.1, 0.15) is 5.82 Å². The second kappa shape index (κ2) is 5.81. The van der Waals surface area contributed by atoms with E-state index in [1.54, 1.807) is 12.3 Å². The van der Waals surface area contributed by atoms with Crippen molar-refractivity contribution in [3.8, 4) is 0 Å². The highest BCUT2D eigenvalue weighted by atomic mass is 16.3. The van der Waals surface area contributed by atoms with Crippen LogP contribution in [0.5, 0.6) is 0 Å². The van der Waals surface area contributed by atoms with E-state index in [2.05, 4.69) is 23.8 Å². The SMILES string of the molecule is Cc1nccc(C(O)CCCC(C)C)n1. The highest BCUT2D eigenvalue weighted by Gasteiger charge is 2.09. The van der Waals surface area contributed by atoms with Crippen LogP contribution in [-0.4, -0.2) is 15.1 Å². The van der Waals surface area contributed by atoms with Gasteiger partial charge in [-0.05, 0) is 25.3 Å². The summed E-state index contributed by atoms with van der Waals surface area (Å²) in [6.45, 7) is 6.23. The molecule has 1 unspecified atom stereocenters. The minimum atomic E-state index is -0.439. The largest absolute Gasteiger partial charge is 0.387 e. The monoisotopic (exact) mass is 208 g/mol. The number of aryl methyl sites for hydroxylation is 1. The van der Waals surface area contributed by atoms with Gasteiger partial charge in [-0.25, -0.2) is 9.97 Å². The van der Waals surface area contributed by atoms with Crippen LogP contribution in [0.25, 0.3) is 0 Å². The van der Waals surface area contributed by atoms with Crippen molar-refractivity contribution in [2.24, 2.45) is 5.92 Å². The molecule has 0 aromatic carbocycles. The maximum Gasteiger partial charge on any atom is 0.125 e. The molecule has 0 fully saturated rings. The molecule has 15 heavy (non-hydrogen) atoms. The minimum absolute atomic E-state index is 0.439. The molecule has 0 radical (unpaired) electrons. The van der Waals surface area contributed by atoms with E-state index in [1.165, 1.54) is 0 Å². The first kappa shape index (κ1) is 12.1. The molecule has 1 heterocycles. The Labute approximate surface area is 91.6 Å². The molecule has 1 rings (SSSR count). The molecule has 0 saturated heterocycles. The summed E-state index contributed by atoms with van der Waals surface area (Å²) in [6, 6.07) is 1.78. The summed E-state index contributed by atoms with van der Waals surface area (Å²) in [5.41, 5.74) is 0.742. The quantitative estimate of drug-likeness (QED) is 0.809. The van der Waals surface area contributed by atoms with Crippen molar-refractivity contribution in [3.05, 3.63) is 23.8 Å². The first-order valence-electron chi connectivity index (χ1n) is 5.57. The molecule has 0 spiro atoms. The molecule has 0 bridgehead atoms. The van der Waals surface area contributed by atoms with Gasteiger partial charge in [0.05, 0.1) is 11.8 Å². The van der Waals surface area contributed by atoms with Gasteiger partial charge in [-0.1, -0.05) is 26.7 Å². The Morgan fingerprint density at radius 1 is 1.33 bits per heavy atom. The van der Waals surface area contributed by atoms with E-state index in [0.29, 0.717) is 5.92 Å². The number of nitrogens with zero attached hydrogens (tertiary/aromatic N) is 2. The Morgan fingerprint density at radius 3 is 2.67 bits per heavy atom. The van der Waals surface area contributed by atoms with E-state index in [4.69, 9.17) is 0 Å². The fourth-order valence-corrected chi connectivity index (χ4v) is 1.53. The molecule has 1 aromatic rings. The molecule has 0 aliphatic rings. The Kier molecular flexibility index (Phi) is 4.69. The minimum Gasteiger partial charge on any atom is -0.387 e. The van der Waals surface area contributed by atoms with Crippen LogP contribution in [0.2, 0.25) is 0 Å². The van der Waals surface area contributed by atoms with Gasteiger partial charge in [0.25, 0.3) is 0 Å². The van der Waals surface area contributed by atoms with Crippen molar-refractivity contribution < 1.29 is 5.11 Å². The van der Waals surface area contributed by atoms with Gasteiger partial charge in [-0.2, -0.15) is 0 Å². The van der Waals surface area contributed by atoms with Gasteiger partial charge in [-0.3, -0.25) is 0 Å². The van der Waals surface area contributed by atoms with E-state index in [1.807, 2.05) is 6.92 Å². The summed E-state index contributed by atoms with van der Waals surface area (Å²) in [4.78, 5) is 8.22. The summed E-state index contributed by atoms with van der Waals surface area (Å²) in [5, 5.41) is 9.87. The van der Waals surface area contributed by atoms with Crippen LogP contribution in [0, 0.1) is 12.8 Å². The highest BCUT2D eigenvalue weighted by molar-refractivity contribution is 5.04. The molecular weight excluding hydrogens is 188 g/mol. The van der Waals surface area contributed by atoms with E-state index < -0.39 is 6.10 Å². The standard InChI is InChI=1S/C12H20N2O/c1-9(2)5-4-6-12(15)11-7-8-13-10(3)14-11/h7-9,12,15H,4-6H2,1-3H3. The predicted octanol–water partition coefficient (Wildman–Crippen LogP) is 2.64. The second-order valence-electron chi connectivity index (χ2n) is 4.37. The number of hydrogen-bond donors (Lipinski definition) is 1. The van der Waals surface area contributed by atoms with Crippen LogP contribution >= 0.6 is 0 Å². The average Bonchev–Trinajstić information content (AvgIpc) is 2.17. The lowest BCUT2D eigenvalue weighted by atomic mass is 10.0. The summed E-state index contributed by atoms with van der Waals surface area (Å²) in [5.74, 6) is 1.42. The van der Waals surface area contributed by atoms with Crippen molar-refractivity contribution in [1.82, 2.24) is 9.97 Å². The van der Waals surface area contributed by atoms with Crippen LogP contribution in [-0.2, 0) is 0 Å². The third-order valence-electron chi connectivity index (χ3n) is 2.40. The molecule has 1 atom stereocenters. The van der Waals surface area contributed by atoms with Gasteiger partial charge >= 0.3 is 0 Å². The van der Waals surface area contributed by atoms with E-state index in [0.717, 1.165) is 30.8 Å². The fraction of sp³-hybridized carbons (Fsp3) is 0.667. The van der Waals surface area contributed by atoms with E-state index >= 15 is 0 Å². The highest BCUT2D eigenvalue weighted by Crippen LogP contribution is 2.18. The molecule has 84 valence electrons. The Hall–Kier alpha value is -0.960. The van der Waals surface area contributed by atoms with Crippen LogP contribution in [0.15, 0.2) is 12.3 Å². The zero-order valence-electron chi connectivity index (χ0n) is 9.77. The van der Waals surface area contributed by atoms with E-state index in [9.17, 15) is 5.11 Å². The van der Waals surface area contributed by atoms with Crippen molar-refractivity contribution in [1.29, 1.82) is 0 Å². The lowest BCUT2D eigenvalue weighted by Gasteiger charge is -2.11. The summed E-state index contributed by atoms with van der Waals surface area (Å²) in [7, 11) is 0. The lowest BCUT2D eigenvalue weighted by molar-refractivity contribution is 0.157. The zero-order chi connectivity index (χ0) is 11.3. The molecule has 3 nitrogen and oxygen atoms in total. The van der Waals surface area contributed by atoms with Crippen LogP contribution < -0.4 is 0 Å². The third-order valence-corrected chi connectivity index (χ3v) is 2.40. The number of aromatic nitrogens is 2. The Morgan fingerprint density at radius 2 is 2.07 bits per heavy atom. The number of aliphatic hydroxyl groups is 1. The molecule has 3 heteroatoms. The van der Waals surface area contributed by atoms with Crippen molar-refractivity contribution in [2.45, 2.75) is 46.1 Å². The van der Waals surface area contributed by atoms with Gasteiger partial charge in [0, 0.05) is 6.20 Å². The van der Waals surface area contributed by atoms with Crippen LogP contribution in [0.3, 0.4) is 0 Å². The summed E-state index contributed by atoms with van der Waals surface area (Å²) >= 11 is 0. The van der Waals surface area contributed by atoms with Gasteiger partial charge < -0.3 is 5.11 Å². The normalized spacial score (nSPS) is 13.1. The van der Waals surface area contributed by atoms with Crippen molar-refractivity contribution in [3.63, 3.8) is 0 Å². The van der Waals surface area contributed by atoms with Crippen molar-refractivity contribution in [2.75, 3.05) is 0 Å². The fourth-order valence-electron chi connectivity index (χ4n) is 1.53. The molecule has 1 aromatic heterocycles. The summed E-state index contributed by atoms with van der Waals surface area (Å²) < 4.78 is 0. The molecule has 1 N–H and O–H groups in total. The second-order valence-corrected chi connectivity index (χ2v) is 4.37. The maximum atomic E-state index is 9.87. The molecule has 0 saturated carbocycles. The summed E-state index contributed by atoms with van der Waals surface area (Å²) in [6.07, 6.45) is 4.24. The predicted molar refractivity (Wildman–Crippen MR) is 60.4 cm³/mol. The smallest absolute Gasteiger partial charge is 0.125 e. The van der Waals surface area contributed by atoms with Crippen LogP contribution in [0.1, 0.15) is 50.7 Å². The zero-order valence-corrected chi connectivity index (χ0v) is 9.77. The van der Waals surface area contributed by atoms with Gasteiger partial charge in [0.2, 0.25) is 0 Å². The Bertz CT molecular complexity index is 299. The third kappa shape index (κ3) is 4.38. The first-order valence-corrected chi connectivity index (χ1v) is 5.57. The van der Waals surface area contributed by atoms with Gasteiger partial charge in [0.15, 0.2) is 0 Å². The topological polar surface area (TPSA) is 46.0 Å². The maximum absolute atomic E-state index is 9.87. The lowest BCUT2D eigenvalue weighted by Crippen LogP contribution is -2.03. The van der Waals surface area contributed by atoms with Crippen molar-refractivity contribution >= 4 is 0 Å². The first-order chi connectivity index (χ1) is 7.09. The number of aliphatic hydroxyl groups excluding tert-OH is 1. The molecule has 0 aliphatic carbocycles. The molecule has 0 amide bonds. The number of rotatable bonds is 5. The number of hydrogen-bond acceptors (Lipinski definition) is 3. The average molecular weight is 208 g/mol. The molecule has 0 aliphatic heterocycles. The van der Waals surface area contributed by atoms with Crippen LogP contribution in [0.4, 0.5) is 0 Å². The Balaban J connectivity index is 2.43. The van der Waals surface area contributed by atoms with E-state index in [-0.39, 0.29) is 0 Å². The van der Waals surface area contributed by atoms with Gasteiger partial charge in [-0.15, -0.1) is 0 Å².